The van der Waals surface area contributed by atoms with Gasteiger partial charge in [-0.15, -0.1) is 0 Å². The van der Waals surface area contributed by atoms with Gasteiger partial charge in [-0.05, 0) is 50.1 Å². The molecular weight excluding hydrogens is 369 g/mol. The Bertz CT molecular complexity index is 1020. The lowest BCUT2D eigenvalue weighted by Crippen LogP contribution is -2.26. The normalized spacial score (nSPS) is 20.2. The predicted octanol–water partition coefficient (Wildman–Crippen LogP) is 4.21. The molecule has 2 aromatic carbocycles. The molecule has 1 heterocycles. The van der Waals surface area contributed by atoms with Crippen LogP contribution in [0.1, 0.15) is 23.5 Å². The lowest BCUT2D eigenvalue weighted by atomic mass is 9.93. The third-order valence-corrected chi connectivity index (χ3v) is 5.39. The third-order valence-electron chi connectivity index (χ3n) is 5.39. The molecule has 2 atom stereocenters. The molecule has 0 spiro atoms. The van der Waals surface area contributed by atoms with Gasteiger partial charge in [0, 0.05) is 11.1 Å². The van der Waals surface area contributed by atoms with Crippen LogP contribution in [-0.2, 0) is 10.2 Å². The van der Waals surface area contributed by atoms with Crippen molar-refractivity contribution in [2.45, 2.75) is 25.7 Å². The number of rotatable bonds is 6. The molecule has 29 heavy (non-hydrogen) atoms. The fourth-order valence-corrected chi connectivity index (χ4v) is 3.66. The number of nitrogens with one attached hydrogen (secondary N) is 1. The van der Waals surface area contributed by atoms with Crippen LogP contribution in [0.5, 0.6) is 5.75 Å². The van der Waals surface area contributed by atoms with E-state index in [4.69, 9.17) is 4.74 Å². The van der Waals surface area contributed by atoms with Crippen molar-refractivity contribution in [3.05, 3.63) is 83.7 Å². The van der Waals surface area contributed by atoms with Crippen molar-refractivity contribution in [2.75, 3.05) is 11.9 Å². The molecule has 3 aromatic rings. The van der Waals surface area contributed by atoms with Crippen LogP contribution >= 0.6 is 0 Å². The zero-order valence-electron chi connectivity index (χ0n) is 16.4. The maximum absolute atomic E-state index is 13.1. The van der Waals surface area contributed by atoms with Gasteiger partial charge in [-0.2, -0.15) is 0 Å². The minimum absolute atomic E-state index is 0.0964. The first-order chi connectivity index (χ1) is 14.0. The van der Waals surface area contributed by atoms with Crippen molar-refractivity contribution < 1.29 is 13.9 Å². The summed E-state index contributed by atoms with van der Waals surface area (Å²) in [5, 5.41) is 2.89. The molecule has 1 aromatic heterocycles. The highest BCUT2D eigenvalue weighted by atomic mass is 19.1. The zero-order chi connectivity index (χ0) is 20.4. The van der Waals surface area contributed by atoms with Crippen molar-refractivity contribution in [3.8, 4) is 5.75 Å². The van der Waals surface area contributed by atoms with E-state index in [1.807, 2.05) is 44.2 Å². The van der Waals surface area contributed by atoms with Crippen molar-refractivity contribution >= 4 is 11.6 Å². The van der Waals surface area contributed by atoms with Gasteiger partial charge >= 0.3 is 0 Å². The molecule has 0 radical (unpaired) electrons. The van der Waals surface area contributed by atoms with Gasteiger partial charge in [-0.3, -0.25) is 4.79 Å². The van der Waals surface area contributed by atoms with E-state index in [1.165, 1.54) is 12.1 Å². The summed E-state index contributed by atoms with van der Waals surface area (Å²) in [6, 6.07) is 15.7. The molecule has 1 amide bonds. The number of amides is 1. The number of aryl methyl sites for hydroxylation is 2. The molecule has 0 saturated heterocycles. The highest BCUT2D eigenvalue weighted by molar-refractivity contribution is 5.96. The number of carbonyl (C=O) groups is 1. The van der Waals surface area contributed by atoms with Gasteiger partial charge in [0.25, 0.3) is 0 Å². The standard InChI is InChI=1S/C23H22FN3O2/c1-15-21(13-25-16(2)26-15)29-14-23(17-6-4-3-5-7-17)12-20(23)22(28)27-19-10-8-18(24)9-11-19/h3-11,13,20H,12,14H2,1-2H3,(H,27,28)/t20-,23+/m0/s1. The van der Waals surface area contributed by atoms with Gasteiger partial charge in [-0.25, -0.2) is 14.4 Å². The summed E-state index contributed by atoms with van der Waals surface area (Å²) in [4.78, 5) is 21.4. The summed E-state index contributed by atoms with van der Waals surface area (Å²) in [7, 11) is 0. The Morgan fingerprint density at radius 2 is 1.90 bits per heavy atom. The molecule has 4 rings (SSSR count). The van der Waals surface area contributed by atoms with Crippen LogP contribution in [0.2, 0.25) is 0 Å². The fraction of sp³-hybridized carbons (Fsp3) is 0.261. The van der Waals surface area contributed by atoms with Crippen LogP contribution in [0, 0.1) is 25.6 Å². The monoisotopic (exact) mass is 391 g/mol. The topological polar surface area (TPSA) is 64.1 Å². The first kappa shape index (κ1) is 19.1. The van der Waals surface area contributed by atoms with Gasteiger partial charge in [0.15, 0.2) is 5.75 Å². The number of halogens is 1. The van der Waals surface area contributed by atoms with E-state index in [1.54, 1.807) is 18.3 Å². The third kappa shape index (κ3) is 3.97. The number of aromatic nitrogens is 2. The van der Waals surface area contributed by atoms with Crippen LogP contribution in [0.4, 0.5) is 10.1 Å². The first-order valence-electron chi connectivity index (χ1n) is 9.53. The van der Waals surface area contributed by atoms with Crippen LogP contribution in [0.3, 0.4) is 0 Å². The Hall–Kier alpha value is -3.28. The fourth-order valence-electron chi connectivity index (χ4n) is 3.66. The lowest BCUT2D eigenvalue weighted by molar-refractivity contribution is -0.117. The molecule has 5 nitrogen and oxygen atoms in total. The smallest absolute Gasteiger partial charge is 0.228 e. The number of nitrogens with zero attached hydrogens (tertiary/aromatic N) is 2. The van der Waals surface area contributed by atoms with E-state index in [-0.39, 0.29) is 17.6 Å². The van der Waals surface area contributed by atoms with E-state index in [9.17, 15) is 9.18 Å². The second-order valence-electron chi connectivity index (χ2n) is 7.43. The largest absolute Gasteiger partial charge is 0.489 e. The van der Waals surface area contributed by atoms with Gasteiger partial charge in [-0.1, -0.05) is 30.3 Å². The molecule has 148 valence electrons. The van der Waals surface area contributed by atoms with Gasteiger partial charge in [0.05, 0.1) is 24.4 Å². The molecule has 1 fully saturated rings. The molecule has 0 aliphatic heterocycles. The second-order valence-corrected chi connectivity index (χ2v) is 7.43. The summed E-state index contributed by atoms with van der Waals surface area (Å²) in [5.74, 6) is 0.644. The number of benzene rings is 2. The molecular formula is C23H22FN3O2. The van der Waals surface area contributed by atoms with Crippen molar-refractivity contribution in [1.82, 2.24) is 9.97 Å². The summed E-state index contributed by atoms with van der Waals surface area (Å²) < 4.78 is 19.2. The van der Waals surface area contributed by atoms with E-state index >= 15 is 0 Å². The predicted molar refractivity (Wildman–Crippen MR) is 108 cm³/mol. The van der Waals surface area contributed by atoms with Crippen LogP contribution < -0.4 is 10.1 Å². The molecule has 1 saturated carbocycles. The quantitative estimate of drug-likeness (QED) is 0.684. The van der Waals surface area contributed by atoms with Crippen molar-refractivity contribution in [2.24, 2.45) is 5.92 Å². The number of anilines is 1. The molecule has 0 bridgehead atoms. The zero-order valence-corrected chi connectivity index (χ0v) is 16.4. The molecule has 0 unspecified atom stereocenters. The first-order valence-corrected chi connectivity index (χ1v) is 9.53. The summed E-state index contributed by atoms with van der Waals surface area (Å²) in [5.41, 5.74) is 2.00. The van der Waals surface area contributed by atoms with Gasteiger partial charge in [0.2, 0.25) is 5.91 Å². The minimum Gasteiger partial charge on any atom is -0.489 e. The minimum atomic E-state index is -0.414. The number of hydrogen-bond acceptors (Lipinski definition) is 4. The number of hydrogen-bond donors (Lipinski definition) is 1. The van der Waals surface area contributed by atoms with E-state index < -0.39 is 5.41 Å². The Morgan fingerprint density at radius 3 is 2.59 bits per heavy atom. The second kappa shape index (κ2) is 7.62. The summed E-state index contributed by atoms with van der Waals surface area (Å²) in [6.45, 7) is 4.07. The number of carbonyl (C=O) groups excluding carboxylic acids is 1. The van der Waals surface area contributed by atoms with Crippen LogP contribution in [0.15, 0.2) is 60.8 Å². The van der Waals surface area contributed by atoms with Crippen LogP contribution in [0.25, 0.3) is 0 Å². The molecule has 1 aliphatic carbocycles. The Balaban J connectivity index is 1.53. The maximum atomic E-state index is 13.1. The van der Waals surface area contributed by atoms with E-state index in [0.717, 1.165) is 11.3 Å². The van der Waals surface area contributed by atoms with E-state index in [0.29, 0.717) is 30.3 Å². The average Bonchev–Trinajstić information content (AvgIpc) is 3.46. The average molecular weight is 391 g/mol. The number of ether oxygens (including phenoxy) is 1. The molecule has 6 heteroatoms. The highest BCUT2D eigenvalue weighted by Crippen LogP contribution is 2.55. The highest BCUT2D eigenvalue weighted by Gasteiger charge is 2.60. The SMILES string of the molecule is Cc1ncc(OC[C@@]2(c3ccccc3)C[C@H]2C(=O)Nc2ccc(F)cc2)c(C)n1. The lowest BCUT2D eigenvalue weighted by Gasteiger charge is -2.19. The summed E-state index contributed by atoms with van der Waals surface area (Å²) >= 11 is 0. The Morgan fingerprint density at radius 1 is 1.17 bits per heavy atom. The summed E-state index contributed by atoms with van der Waals surface area (Å²) in [6.07, 6.45) is 2.35. The maximum Gasteiger partial charge on any atom is 0.228 e. The Labute approximate surface area is 169 Å². The Kier molecular flexibility index (Phi) is 5.01. The van der Waals surface area contributed by atoms with Crippen molar-refractivity contribution in [1.29, 1.82) is 0 Å². The van der Waals surface area contributed by atoms with Gasteiger partial charge in [0.1, 0.15) is 11.6 Å². The molecule has 1 aliphatic rings. The van der Waals surface area contributed by atoms with Crippen molar-refractivity contribution in [3.63, 3.8) is 0 Å². The molecule has 1 N–H and O–H groups in total. The van der Waals surface area contributed by atoms with Crippen LogP contribution in [-0.4, -0.2) is 22.5 Å². The van der Waals surface area contributed by atoms with Gasteiger partial charge < -0.3 is 10.1 Å². The van der Waals surface area contributed by atoms with E-state index in [2.05, 4.69) is 15.3 Å².